The molecule has 1 rings (SSSR count). The van der Waals surface area contributed by atoms with Gasteiger partial charge in [-0.25, -0.2) is 0 Å². The van der Waals surface area contributed by atoms with Gasteiger partial charge in [0.1, 0.15) is 0 Å². The maximum atomic E-state index is 11.6. The third kappa shape index (κ3) is 2.80. The van der Waals surface area contributed by atoms with Crippen molar-refractivity contribution in [3.8, 4) is 11.5 Å². The lowest BCUT2D eigenvalue weighted by atomic mass is 10.2. The minimum atomic E-state index is -0.133. The molecule has 1 aromatic carbocycles. The molecule has 0 saturated heterocycles. The minimum Gasteiger partial charge on any atom is -0.493 e. The van der Waals surface area contributed by atoms with Crippen LogP contribution in [0.25, 0.3) is 0 Å². The topological polar surface area (TPSA) is 38.8 Å². The van der Waals surface area contributed by atoms with E-state index in [1.165, 1.54) is 11.6 Å². The van der Waals surface area contributed by atoms with Gasteiger partial charge in [-0.05, 0) is 37.0 Å². The molecule has 0 aliphatic heterocycles. The number of amides is 1. The third-order valence-electron chi connectivity index (χ3n) is 1.86. The van der Waals surface area contributed by atoms with Gasteiger partial charge in [0.05, 0.1) is 14.2 Å². The van der Waals surface area contributed by atoms with Crippen LogP contribution in [0.5, 0.6) is 11.5 Å². The summed E-state index contributed by atoms with van der Waals surface area (Å²) in [6.07, 6.45) is 0. The summed E-state index contributed by atoms with van der Waals surface area (Å²) in [5, 5.41) is 0. The number of methoxy groups -OCH3 is 2. The molecule has 1 amide bonds. The van der Waals surface area contributed by atoms with Gasteiger partial charge in [-0.2, -0.15) is 0 Å². The summed E-state index contributed by atoms with van der Waals surface area (Å²) in [7, 11) is 7.64. The van der Waals surface area contributed by atoms with Crippen molar-refractivity contribution in [3.63, 3.8) is 0 Å². The van der Waals surface area contributed by atoms with Crippen LogP contribution in [-0.4, -0.2) is 24.6 Å². The Balaban J connectivity index is 3.08. The number of hydrogen-bond acceptors (Lipinski definition) is 3. The van der Waals surface area contributed by atoms with Gasteiger partial charge in [0.2, 0.25) is 0 Å². The highest BCUT2D eigenvalue weighted by molar-refractivity contribution is 7.32. The van der Waals surface area contributed by atoms with Crippen LogP contribution in [-0.2, 0) is 0 Å². The van der Waals surface area contributed by atoms with Crippen LogP contribution < -0.4 is 9.47 Å². The van der Waals surface area contributed by atoms with Gasteiger partial charge in [0.25, 0.3) is 5.91 Å². The Kier molecular flexibility index (Phi) is 4.31. The van der Waals surface area contributed by atoms with Crippen molar-refractivity contribution >= 4 is 24.7 Å². The highest BCUT2D eigenvalue weighted by Crippen LogP contribution is 2.28. The van der Waals surface area contributed by atoms with E-state index in [1.807, 2.05) is 0 Å². The molecule has 0 aliphatic rings. The number of carbonyl (C=O) groups excluding carboxylic acids is 1. The van der Waals surface area contributed by atoms with E-state index in [0.717, 1.165) is 0 Å². The molecular formula is C9H13NO3P2. The first-order valence-electron chi connectivity index (χ1n) is 4.16. The molecule has 1 aromatic rings. The largest absolute Gasteiger partial charge is 0.493 e. The summed E-state index contributed by atoms with van der Waals surface area (Å²) in [6, 6.07) is 5.03. The van der Waals surface area contributed by atoms with Gasteiger partial charge in [-0.1, -0.05) is 0 Å². The Labute approximate surface area is 93.4 Å². The lowest BCUT2D eigenvalue weighted by Crippen LogP contribution is -2.10. The van der Waals surface area contributed by atoms with E-state index in [1.54, 1.807) is 25.3 Å². The average Bonchev–Trinajstić information content (AvgIpc) is 2.26. The van der Waals surface area contributed by atoms with Crippen molar-refractivity contribution in [1.29, 1.82) is 0 Å². The highest BCUT2D eigenvalue weighted by Gasteiger charge is 2.11. The molecule has 4 nitrogen and oxygen atoms in total. The van der Waals surface area contributed by atoms with E-state index < -0.39 is 0 Å². The van der Waals surface area contributed by atoms with E-state index in [4.69, 9.17) is 9.47 Å². The molecule has 0 bridgehead atoms. The van der Waals surface area contributed by atoms with Crippen LogP contribution >= 0.6 is 18.8 Å². The summed E-state index contributed by atoms with van der Waals surface area (Å²) in [6.45, 7) is 0. The third-order valence-corrected chi connectivity index (χ3v) is 2.33. The Hall–Kier alpha value is -0.850. The summed E-state index contributed by atoms with van der Waals surface area (Å²) >= 11 is 0. The first kappa shape index (κ1) is 12.2. The molecule has 0 N–H and O–H groups in total. The van der Waals surface area contributed by atoms with E-state index in [9.17, 15) is 4.79 Å². The van der Waals surface area contributed by atoms with Gasteiger partial charge >= 0.3 is 0 Å². The van der Waals surface area contributed by atoms with Gasteiger partial charge < -0.3 is 13.9 Å². The zero-order chi connectivity index (χ0) is 11.4. The predicted molar refractivity (Wildman–Crippen MR) is 65.1 cm³/mol. The molecule has 0 radical (unpaired) electrons. The van der Waals surface area contributed by atoms with Crippen LogP contribution in [0.2, 0.25) is 0 Å². The summed E-state index contributed by atoms with van der Waals surface area (Å²) in [5.74, 6) is 1.01. The second-order valence-corrected chi connectivity index (χ2v) is 4.49. The SMILES string of the molecule is COc1ccc(C(=O)N(P)P)cc1OC. The van der Waals surface area contributed by atoms with Gasteiger partial charge in [0.15, 0.2) is 11.5 Å². The van der Waals surface area contributed by atoms with E-state index >= 15 is 0 Å². The Morgan fingerprint density at radius 2 is 1.80 bits per heavy atom. The van der Waals surface area contributed by atoms with Crippen LogP contribution in [0.4, 0.5) is 0 Å². The van der Waals surface area contributed by atoms with Crippen molar-refractivity contribution in [1.82, 2.24) is 4.44 Å². The Morgan fingerprint density at radius 1 is 1.20 bits per heavy atom. The quantitative estimate of drug-likeness (QED) is 0.761. The van der Waals surface area contributed by atoms with Crippen LogP contribution in [0.3, 0.4) is 0 Å². The number of carbonyl (C=O) groups is 1. The average molecular weight is 245 g/mol. The minimum absolute atomic E-state index is 0.133. The second kappa shape index (κ2) is 5.29. The van der Waals surface area contributed by atoms with Gasteiger partial charge in [-0.3, -0.25) is 4.79 Å². The standard InChI is InChI=1S/C9H13NO3P2/c1-12-7-4-3-6(5-8(7)13-2)9(11)10(14)15/h3-5H,14-15H2,1-2H3. The fraction of sp³-hybridized carbons (Fsp3) is 0.222. The number of ether oxygens (including phenoxy) is 2. The predicted octanol–water partition coefficient (Wildman–Crippen LogP) is 1.73. The Morgan fingerprint density at radius 3 is 2.27 bits per heavy atom. The molecule has 2 unspecified atom stereocenters. The molecule has 0 saturated carbocycles. The number of benzene rings is 1. The zero-order valence-corrected chi connectivity index (χ0v) is 10.9. The molecule has 15 heavy (non-hydrogen) atoms. The number of rotatable bonds is 3. The van der Waals surface area contributed by atoms with Crippen LogP contribution in [0.15, 0.2) is 18.2 Å². The molecule has 82 valence electrons. The molecule has 0 aromatic heterocycles. The van der Waals surface area contributed by atoms with Gasteiger partial charge in [-0.15, -0.1) is 0 Å². The first-order valence-corrected chi connectivity index (χ1v) is 5.19. The molecule has 6 heteroatoms. The normalized spacial score (nSPS) is 9.60. The molecular weight excluding hydrogens is 232 g/mol. The Bertz CT molecular complexity index is 368. The van der Waals surface area contributed by atoms with E-state index in [0.29, 0.717) is 17.1 Å². The maximum Gasteiger partial charge on any atom is 0.259 e. The molecule has 0 fully saturated rings. The molecule has 0 aliphatic carbocycles. The van der Waals surface area contributed by atoms with Crippen LogP contribution in [0.1, 0.15) is 10.4 Å². The smallest absolute Gasteiger partial charge is 0.259 e. The number of hydrogen-bond donors (Lipinski definition) is 0. The highest BCUT2D eigenvalue weighted by atomic mass is 31.1. The lowest BCUT2D eigenvalue weighted by molar-refractivity contribution is 0.0932. The summed E-state index contributed by atoms with van der Waals surface area (Å²) in [5.41, 5.74) is 0.539. The fourth-order valence-corrected chi connectivity index (χ4v) is 1.42. The fourth-order valence-electron chi connectivity index (χ4n) is 1.12. The van der Waals surface area contributed by atoms with Crippen LogP contribution in [0, 0.1) is 0 Å². The molecule has 0 spiro atoms. The second-order valence-electron chi connectivity index (χ2n) is 2.78. The van der Waals surface area contributed by atoms with Crippen molar-refractivity contribution in [3.05, 3.63) is 23.8 Å². The monoisotopic (exact) mass is 245 g/mol. The van der Waals surface area contributed by atoms with Crippen molar-refractivity contribution < 1.29 is 14.3 Å². The lowest BCUT2D eigenvalue weighted by Gasteiger charge is -2.12. The summed E-state index contributed by atoms with van der Waals surface area (Å²) in [4.78, 5) is 11.6. The molecule has 2 atom stereocenters. The number of nitrogens with zero attached hydrogens (tertiary/aromatic N) is 1. The summed E-state index contributed by atoms with van der Waals surface area (Å²) < 4.78 is 11.5. The first-order chi connectivity index (χ1) is 7.10. The zero-order valence-electron chi connectivity index (χ0n) is 8.56. The maximum absolute atomic E-state index is 11.6. The van der Waals surface area contributed by atoms with Crippen molar-refractivity contribution in [2.75, 3.05) is 14.2 Å². The van der Waals surface area contributed by atoms with Crippen molar-refractivity contribution in [2.24, 2.45) is 0 Å². The van der Waals surface area contributed by atoms with Gasteiger partial charge in [0, 0.05) is 5.56 Å². The van der Waals surface area contributed by atoms with E-state index in [2.05, 4.69) is 18.8 Å². The van der Waals surface area contributed by atoms with Crippen molar-refractivity contribution in [2.45, 2.75) is 0 Å². The molecule has 0 heterocycles. The van der Waals surface area contributed by atoms with E-state index in [-0.39, 0.29) is 5.91 Å².